The number of hydrogen-bond donors (Lipinski definition) is 1. The Kier molecular flexibility index (Phi) is 3.79. The summed E-state index contributed by atoms with van der Waals surface area (Å²) in [7, 11) is 0. The number of benzene rings is 2. The highest BCUT2D eigenvalue weighted by Gasteiger charge is 2.10. The molecule has 3 rings (SSSR count). The van der Waals surface area contributed by atoms with Crippen LogP contribution in [-0.2, 0) is 25.9 Å². The van der Waals surface area contributed by atoms with Crippen molar-refractivity contribution in [3.05, 3.63) is 70.3 Å². The minimum atomic E-state index is -0.537. The lowest BCUT2D eigenvalue weighted by Gasteiger charge is -2.08. The zero-order chi connectivity index (χ0) is 13.9. The molecule has 0 fully saturated rings. The number of hydrogen-bond acceptors (Lipinski definition) is 1. The van der Waals surface area contributed by atoms with Gasteiger partial charge in [0.25, 0.3) is 0 Å². The summed E-state index contributed by atoms with van der Waals surface area (Å²) in [6, 6.07) is 10.2. The SMILES string of the molecule is Fc1ccc(CNCc2ccc3c(c2)CCC3)c(F)c1. The van der Waals surface area contributed by atoms with E-state index in [9.17, 15) is 8.78 Å². The van der Waals surface area contributed by atoms with Crippen molar-refractivity contribution in [2.75, 3.05) is 0 Å². The van der Waals surface area contributed by atoms with Crippen LogP contribution in [0.3, 0.4) is 0 Å². The molecule has 0 saturated carbocycles. The molecule has 0 unspecified atom stereocenters. The van der Waals surface area contributed by atoms with Crippen molar-refractivity contribution < 1.29 is 8.78 Å². The van der Waals surface area contributed by atoms with Gasteiger partial charge in [-0.1, -0.05) is 24.3 Å². The molecule has 0 spiro atoms. The van der Waals surface area contributed by atoms with E-state index in [1.165, 1.54) is 41.7 Å². The van der Waals surface area contributed by atoms with E-state index in [1.807, 2.05) is 0 Å². The summed E-state index contributed by atoms with van der Waals surface area (Å²) in [4.78, 5) is 0. The molecule has 0 aromatic heterocycles. The van der Waals surface area contributed by atoms with Crippen LogP contribution in [0.1, 0.15) is 28.7 Å². The molecule has 1 nitrogen and oxygen atoms in total. The lowest BCUT2D eigenvalue weighted by atomic mass is 10.1. The van der Waals surface area contributed by atoms with E-state index in [1.54, 1.807) is 0 Å². The van der Waals surface area contributed by atoms with Gasteiger partial charge in [-0.3, -0.25) is 0 Å². The van der Waals surface area contributed by atoms with E-state index < -0.39 is 11.6 Å². The Balaban J connectivity index is 1.60. The standard InChI is InChI=1S/C17H17F2N/c18-16-7-6-15(17(19)9-16)11-20-10-12-4-5-13-2-1-3-14(13)8-12/h4-9,20H,1-3,10-11H2. The number of nitrogens with one attached hydrogen (secondary N) is 1. The predicted molar refractivity (Wildman–Crippen MR) is 75.4 cm³/mol. The molecule has 1 aliphatic rings. The first-order valence-electron chi connectivity index (χ1n) is 6.98. The van der Waals surface area contributed by atoms with Crippen molar-refractivity contribution in [3.63, 3.8) is 0 Å². The molecular weight excluding hydrogens is 256 g/mol. The molecule has 20 heavy (non-hydrogen) atoms. The monoisotopic (exact) mass is 273 g/mol. The molecule has 0 aliphatic heterocycles. The lowest BCUT2D eigenvalue weighted by Crippen LogP contribution is -2.14. The number of halogens is 2. The molecule has 0 heterocycles. The summed E-state index contributed by atoms with van der Waals surface area (Å²) in [5, 5.41) is 3.21. The van der Waals surface area contributed by atoms with Crippen molar-refractivity contribution in [1.29, 1.82) is 0 Å². The summed E-state index contributed by atoms with van der Waals surface area (Å²) in [6.07, 6.45) is 3.59. The highest BCUT2D eigenvalue weighted by Crippen LogP contribution is 2.22. The average molecular weight is 273 g/mol. The van der Waals surface area contributed by atoms with Crippen LogP contribution in [0.4, 0.5) is 8.78 Å². The summed E-state index contributed by atoms with van der Waals surface area (Å²) in [6.45, 7) is 1.10. The van der Waals surface area contributed by atoms with Gasteiger partial charge in [0.1, 0.15) is 11.6 Å². The fourth-order valence-corrected chi connectivity index (χ4v) is 2.74. The Morgan fingerprint density at radius 2 is 1.75 bits per heavy atom. The fourth-order valence-electron chi connectivity index (χ4n) is 2.74. The first-order valence-corrected chi connectivity index (χ1v) is 6.98. The molecule has 2 aromatic rings. The van der Waals surface area contributed by atoms with Crippen LogP contribution in [0.5, 0.6) is 0 Å². The maximum atomic E-state index is 13.5. The Morgan fingerprint density at radius 1 is 0.900 bits per heavy atom. The molecule has 1 N–H and O–H groups in total. The molecule has 0 saturated heterocycles. The third kappa shape index (κ3) is 2.88. The maximum Gasteiger partial charge on any atom is 0.130 e. The number of fused-ring (bicyclic) bond motifs is 1. The number of rotatable bonds is 4. The number of aryl methyl sites for hydroxylation is 2. The Bertz CT molecular complexity index is 622. The first-order chi connectivity index (χ1) is 9.72. The van der Waals surface area contributed by atoms with Gasteiger partial charge in [0.05, 0.1) is 0 Å². The minimum absolute atomic E-state index is 0.406. The second kappa shape index (κ2) is 5.71. The second-order valence-electron chi connectivity index (χ2n) is 5.30. The lowest BCUT2D eigenvalue weighted by molar-refractivity contribution is 0.560. The van der Waals surface area contributed by atoms with Gasteiger partial charge in [-0.05, 0) is 42.0 Å². The molecule has 0 bridgehead atoms. The van der Waals surface area contributed by atoms with E-state index in [4.69, 9.17) is 0 Å². The molecule has 3 heteroatoms. The van der Waals surface area contributed by atoms with Crippen LogP contribution in [0, 0.1) is 11.6 Å². The fraction of sp³-hybridized carbons (Fsp3) is 0.294. The van der Waals surface area contributed by atoms with Crippen molar-refractivity contribution in [2.45, 2.75) is 32.4 Å². The Labute approximate surface area is 117 Å². The molecule has 104 valence electrons. The van der Waals surface area contributed by atoms with Crippen LogP contribution in [0.2, 0.25) is 0 Å². The van der Waals surface area contributed by atoms with Gasteiger partial charge in [0.15, 0.2) is 0 Å². The molecule has 2 aromatic carbocycles. The third-order valence-corrected chi connectivity index (χ3v) is 3.82. The van der Waals surface area contributed by atoms with Crippen molar-refractivity contribution in [3.8, 4) is 0 Å². The third-order valence-electron chi connectivity index (χ3n) is 3.82. The van der Waals surface area contributed by atoms with Gasteiger partial charge in [-0.15, -0.1) is 0 Å². The van der Waals surface area contributed by atoms with Gasteiger partial charge in [-0.2, -0.15) is 0 Å². The van der Waals surface area contributed by atoms with Crippen LogP contribution >= 0.6 is 0 Å². The quantitative estimate of drug-likeness (QED) is 0.894. The first kappa shape index (κ1) is 13.3. The average Bonchev–Trinajstić information content (AvgIpc) is 2.89. The molecular formula is C17H17F2N. The second-order valence-corrected chi connectivity index (χ2v) is 5.30. The maximum absolute atomic E-state index is 13.5. The summed E-state index contributed by atoms with van der Waals surface area (Å²) in [5.41, 5.74) is 4.61. The largest absolute Gasteiger partial charge is 0.309 e. The highest BCUT2D eigenvalue weighted by atomic mass is 19.1. The van der Waals surface area contributed by atoms with Gasteiger partial charge in [0.2, 0.25) is 0 Å². The van der Waals surface area contributed by atoms with Crippen LogP contribution in [-0.4, -0.2) is 0 Å². The van der Waals surface area contributed by atoms with E-state index >= 15 is 0 Å². The van der Waals surface area contributed by atoms with Crippen LogP contribution < -0.4 is 5.32 Å². The van der Waals surface area contributed by atoms with Crippen LogP contribution in [0.25, 0.3) is 0 Å². The molecule has 0 radical (unpaired) electrons. The predicted octanol–water partition coefficient (Wildman–Crippen LogP) is 3.74. The normalized spacial score (nSPS) is 13.5. The Morgan fingerprint density at radius 3 is 2.60 bits per heavy atom. The zero-order valence-electron chi connectivity index (χ0n) is 11.3. The van der Waals surface area contributed by atoms with Gasteiger partial charge >= 0.3 is 0 Å². The van der Waals surface area contributed by atoms with Crippen molar-refractivity contribution in [1.82, 2.24) is 5.32 Å². The summed E-state index contributed by atoms with van der Waals surface area (Å²) < 4.78 is 26.3. The molecule has 0 amide bonds. The van der Waals surface area contributed by atoms with E-state index in [0.717, 1.165) is 12.5 Å². The topological polar surface area (TPSA) is 12.0 Å². The van der Waals surface area contributed by atoms with E-state index in [0.29, 0.717) is 18.7 Å². The van der Waals surface area contributed by atoms with Gasteiger partial charge < -0.3 is 5.32 Å². The summed E-state index contributed by atoms with van der Waals surface area (Å²) in [5.74, 6) is -1.03. The highest BCUT2D eigenvalue weighted by molar-refractivity contribution is 5.35. The van der Waals surface area contributed by atoms with E-state index in [-0.39, 0.29) is 0 Å². The van der Waals surface area contributed by atoms with Crippen molar-refractivity contribution in [2.24, 2.45) is 0 Å². The smallest absolute Gasteiger partial charge is 0.130 e. The Hall–Kier alpha value is -1.74. The van der Waals surface area contributed by atoms with E-state index in [2.05, 4.69) is 23.5 Å². The van der Waals surface area contributed by atoms with Crippen molar-refractivity contribution >= 4 is 0 Å². The molecule has 0 atom stereocenters. The molecule has 1 aliphatic carbocycles. The minimum Gasteiger partial charge on any atom is -0.309 e. The van der Waals surface area contributed by atoms with Crippen LogP contribution in [0.15, 0.2) is 36.4 Å². The van der Waals surface area contributed by atoms with Gasteiger partial charge in [-0.25, -0.2) is 8.78 Å². The zero-order valence-corrected chi connectivity index (χ0v) is 11.3. The van der Waals surface area contributed by atoms with Gasteiger partial charge in [0, 0.05) is 24.7 Å². The summed E-state index contributed by atoms with van der Waals surface area (Å²) >= 11 is 0.